The predicted octanol–water partition coefficient (Wildman–Crippen LogP) is 6.41. The molecule has 0 unspecified atom stereocenters. The summed E-state index contributed by atoms with van der Waals surface area (Å²) in [6.45, 7) is 13.9. The molecule has 0 amide bonds. The van der Waals surface area contributed by atoms with Gasteiger partial charge in [-0.1, -0.05) is 101 Å². The molecule has 3 rings (SSSR count). The van der Waals surface area contributed by atoms with Crippen LogP contribution in [-0.4, -0.2) is 83.2 Å². The highest BCUT2D eigenvalue weighted by Crippen LogP contribution is 2.41. The summed E-state index contributed by atoms with van der Waals surface area (Å²) in [5, 5.41) is 31.6. The molecule has 0 aromatic heterocycles. The molecule has 9 nitrogen and oxygen atoms in total. The maximum Gasteiger partial charge on any atom is 0.335 e. The van der Waals surface area contributed by atoms with Crippen LogP contribution >= 0.6 is 0 Å². The second-order valence-electron chi connectivity index (χ2n) is 14.6. The summed E-state index contributed by atoms with van der Waals surface area (Å²) in [5.74, 6) is -0.720. The van der Waals surface area contributed by atoms with Crippen molar-refractivity contribution in [2.75, 3.05) is 13.2 Å². The van der Waals surface area contributed by atoms with Crippen LogP contribution in [0.15, 0.2) is 84.6 Å². The van der Waals surface area contributed by atoms with Gasteiger partial charge in [-0.2, -0.15) is 0 Å². The summed E-state index contributed by atoms with van der Waals surface area (Å²) >= 11 is 0. The number of hydrogen-bond acceptors (Lipinski definition) is 9. The Balaban J connectivity index is 1.71. The van der Waals surface area contributed by atoms with Gasteiger partial charge in [-0.15, -0.1) is 0 Å². The van der Waals surface area contributed by atoms with E-state index in [1.165, 1.54) is 6.08 Å². The third kappa shape index (κ3) is 13.2. The lowest BCUT2D eigenvalue weighted by Gasteiger charge is -2.47. The zero-order valence-electron chi connectivity index (χ0n) is 30.6. The molecule has 3 aliphatic heterocycles. The molecule has 4 bridgehead atoms. The second-order valence-corrected chi connectivity index (χ2v) is 14.6. The predicted molar refractivity (Wildman–Crippen MR) is 195 cm³/mol. The van der Waals surface area contributed by atoms with Crippen LogP contribution in [0.3, 0.4) is 0 Å². The van der Waals surface area contributed by atoms with Crippen molar-refractivity contribution < 1.29 is 43.9 Å². The van der Waals surface area contributed by atoms with Gasteiger partial charge in [-0.05, 0) is 50.5 Å². The van der Waals surface area contributed by atoms with E-state index in [4.69, 9.17) is 18.9 Å². The first-order valence-corrected chi connectivity index (χ1v) is 18.1. The number of hydrogen-bond donors (Lipinski definition) is 3. The Labute approximate surface area is 299 Å². The molecular weight excluding hydrogens is 636 g/mol. The molecule has 278 valence electrons. The van der Waals surface area contributed by atoms with Gasteiger partial charge in [0.1, 0.15) is 12.7 Å². The fourth-order valence-electron chi connectivity index (χ4n) is 6.27. The maximum absolute atomic E-state index is 13.0. The summed E-state index contributed by atoms with van der Waals surface area (Å²) in [6, 6.07) is 0. The van der Waals surface area contributed by atoms with Crippen molar-refractivity contribution in [1.29, 1.82) is 0 Å². The molecule has 0 aliphatic carbocycles. The molecule has 2 fully saturated rings. The number of allylic oxidation sites excluding steroid dienone is 6. The van der Waals surface area contributed by atoms with Gasteiger partial charge >= 0.3 is 11.9 Å². The number of aliphatic hydroxyl groups excluding tert-OH is 3. The van der Waals surface area contributed by atoms with Gasteiger partial charge in [0.25, 0.3) is 0 Å². The highest BCUT2D eigenvalue weighted by molar-refractivity contribution is 5.82. The quantitative estimate of drug-likeness (QED) is 0.166. The van der Waals surface area contributed by atoms with E-state index in [1.807, 2.05) is 57.2 Å². The molecule has 0 radical (unpaired) electrons. The van der Waals surface area contributed by atoms with Crippen LogP contribution in [0.4, 0.5) is 0 Å². The highest BCUT2D eigenvalue weighted by Gasteiger charge is 2.49. The fraction of sp³-hybridized carbons (Fsp3) is 0.610. The Bertz CT molecular complexity index is 1290. The van der Waals surface area contributed by atoms with E-state index in [0.717, 1.165) is 24.0 Å². The normalized spacial score (nSPS) is 35.3. The molecule has 3 heterocycles. The van der Waals surface area contributed by atoms with Crippen LogP contribution in [0.5, 0.6) is 0 Å². The van der Waals surface area contributed by atoms with Crippen molar-refractivity contribution >= 4 is 11.9 Å². The zero-order valence-corrected chi connectivity index (χ0v) is 30.6. The number of esters is 2. The number of rotatable bonds is 11. The first-order valence-electron chi connectivity index (χ1n) is 18.1. The molecule has 9 atom stereocenters. The Hall–Kier alpha value is -3.08. The Kier molecular flexibility index (Phi) is 17.1. The average Bonchev–Trinajstić information content (AvgIpc) is 3.07. The Morgan fingerprint density at radius 2 is 1.92 bits per heavy atom. The van der Waals surface area contributed by atoms with E-state index < -0.39 is 41.8 Å². The lowest BCUT2D eigenvalue weighted by atomic mass is 9.73. The minimum atomic E-state index is -1.31. The molecule has 0 aromatic rings. The maximum atomic E-state index is 13.0. The van der Waals surface area contributed by atoms with Gasteiger partial charge in [-0.25, -0.2) is 9.59 Å². The minimum Gasteiger partial charge on any atom is -0.459 e. The Morgan fingerprint density at radius 1 is 1.14 bits per heavy atom. The number of carbonyl (C=O) groups is 2. The summed E-state index contributed by atoms with van der Waals surface area (Å²) in [6.07, 6.45) is 21.0. The van der Waals surface area contributed by atoms with Crippen molar-refractivity contribution in [1.82, 2.24) is 0 Å². The monoisotopic (exact) mass is 696 g/mol. The van der Waals surface area contributed by atoms with Crippen LogP contribution in [0.2, 0.25) is 0 Å². The second kappa shape index (κ2) is 20.7. The van der Waals surface area contributed by atoms with Crippen molar-refractivity contribution in [2.24, 2.45) is 17.3 Å². The average molecular weight is 697 g/mol. The first-order chi connectivity index (χ1) is 23.8. The number of ether oxygens (including phenoxy) is 4. The third-order valence-electron chi connectivity index (χ3n) is 9.79. The van der Waals surface area contributed by atoms with Gasteiger partial charge in [0.15, 0.2) is 6.10 Å². The van der Waals surface area contributed by atoms with E-state index in [2.05, 4.69) is 26.5 Å². The molecule has 0 aromatic carbocycles. The molecule has 3 aliphatic rings. The van der Waals surface area contributed by atoms with Crippen molar-refractivity contribution in [2.45, 2.75) is 129 Å². The molecule has 0 saturated carbocycles. The lowest BCUT2D eigenvalue weighted by molar-refractivity contribution is -0.198. The van der Waals surface area contributed by atoms with Gasteiger partial charge < -0.3 is 34.3 Å². The van der Waals surface area contributed by atoms with Gasteiger partial charge in [0.05, 0.1) is 42.5 Å². The largest absolute Gasteiger partial charge is 0.459 e. The number of fused-ring (bicyclic) bond motifs is 4. The topological polar surface area (TPSA) is 132 Å². The van der Waals surface area contributed by atoms with E-state index >= 15 is 0 Å². The van der Waals surface area contributed by atoms with E-state index in [9.17, 15) is 24.9 Å². The summed E-state index contributed by atoms with van der Waals surface area (Å²) < 4.78 is 23.9. The summed E-state index contributed by atoms with van der Waals surface area (Å²) in [5.41, 5.74) is 0.954. The van der Waals surface area contributed by atoms with Crippen LogP contribution in [-0.2, 0) is 28.5 Å². The molecule has 3 N–H and O–H groups in total. The van der Waals surface area contributed by atoms with Crippen molar-refractivity contribution in [3.8, 4) is 0 Å². The standard InChI is InChI=1S/C41H60O9/c1-28(2)21-22-30(4)26-47-40(46)34(43)18-13-14-19-37-41(6,27-42)38-25-33(49-37)17-10-7-9-15-29(3)23-36-31(5)35(44)24-32(48-36)16-11-8-12-20-39(45)50-38/h8-15,17,20,23,28,31-38,42-44H,4,7,16,18-19,21-22,24-27H2,1-3,5-6H3/b11-8+,14-13+,15-9+,17-10-,20-12+,29-23+/t31-,32+,33+,34+,35+,36-,37-,38+,41-/m0/s1. The van der Waals surface area contributed by atoms with Crippen LogP contribution in [0.1, 0.15) is 86.0 Å². The molecule has 50 heavy (non-hydrogen) atoms. The molecular formula is C41H60O9. The number of carbonyl (C=O) groups excluding carboxylic acids is 2. The first kappa shape index (κ1) is 41.3. The van der Waals surface area contributed by atoms with Crippen LogP contribution in [0, 0.1) is 17.3 Å². The van der Waals surface area contributed by atoms with Crippen LogP contribution < -0.4 is 0 Å². The SMILES string of the molecule is C=C(CCC(C)C)COC(=O)[C@H](O)C/C=C/C[C@@H]1O[C@@H]2/C=C\C/C=C/C(C)=C/[C@@H]3O[C@H](C/C=C/C=C/C(=O)O[C@H](C2)[C@@]1(C)CO)C[C@@H](O)[C@@H]3C. The van der Waals surface area contributed by atoms with E-state index in [1.54, 1.807) is 18.2 Å². The zero-order chi connectivity index (χ0) is 36.7. The van der Waals surface area contributed by atoms with Gasteiger partial charge in [0, 0.05) is 31.3 Å². The summed E-state index contributed by atoms with van der Waals surface area (Å²) in [4.78, 5) is 25.3. The fourth-order valence-corrected chi connectivity index (χ4v) is 6.27. The molecule has 9 heteroatoms. The lowest BCUT2D eigenvalue weighted by Crippen LogP contribution is -2.55. The highest BCUT2D eigenvalue weighted by atomic mass is 16.6. The molecule has 0 spiro atoms. The molecule has 2 saturated heterocycles. The van der Waals surface area contributed by atoms with E-state index in [-0.39, 0.29) is 43.9 Å². The van der Waals surface area contributed by atoms with Crippen molar-refractivity contribution in [3.05, 3.63) is 84.6 Å². The van der Waals surface area contributed by atoms with Crippen LogP contribution in [0.25, 0.3) is 0 Å². The minimum absolute atomic E-state index is 0.0218. The Morgan fingerprint density at radius 3 is 2.66 bits per heavy atom. The smallest absolute Gasteiger partial charge is 0.335 e. The van der Waals surface area contributed by atoms with E-state index in [0.29, 0.717) is 38.0 Å². The van der Waals surface area contributed by atoms with Gasteiger partial charge in [0.2, 0.25) is 0 Å². The van der Waals surface area contributed by atoms with Gasteiger partial charge in [-0.3, -0.25) is 0 Å². The third-order valence-corrected chi connectivity index (χ3v) is 9.79. The summed E-state index contributed by atoms with van der Waals surface area (Å²) in [7, 11) is 0. The number of aliphatic hydroxyl groups is 3. The van der Waals surface area contributed by atoms with Crippen molar-refractivity contribution in [3.63, 3.8) is 0 Å².